The number of nitrogens with zero attached hydrogens (tertiary/aromatic N) is 1. The van der Waals surface area contributed by atoms with E-state index in [2.05, 4.69) is 4.98 Å². The number of carbonyl (C=O) groups is 2. The van der Waals surface area contributed by atoms with Gasteiger partial charge in [-0.05, 0) is 32.4 Å². The third-order valence-electron chi connectivity index (χ3n) is 2.36. The number of ether oxygens (including phenoxy) is 1. The summed E-state index contributed by atoms with van der Waals surface area (Å²) in [4.78, 5) is 27.0. The van der Waals surface area contributed by atoms with Crippen LogP contribution in [0.3, 0.4) is 0 Å². The second kappa shape index (κ2) is 5.79. The number of aromatic nitrogens is 1. The van der Waals surface area contributed by atoms with Crippen LogP contribution in [0.5, 0.6) is 0 Å². The predicted octanol–water partition coefficient (Wildman–Crippen LogP) is 1.12. The fourth-order valence-electron chi connectivity index (χ4n) is 1.53. The van der Waals surface area contributed by atoms with Gasteiger partial charge in [0.15, 0.2) is 5.92 Å². The van der Waals surface area contributed by atoms with E-state index in [1.165, 1.54) is 6.20 Å². The van der Waals surface area contributed by atoms with Crippen molar-refractivity contribution in [3.05, 3.63) is 30.1 Å². The van der Waals surface area contributed by atoms with Gasteiger partial charge in [-0.3, -0.25) is 14.6 Å². The van der Waals surface area contributed by atoms with E-state index in [0.717, 1.165) is 0 Å². The zero-order valence-corrected chi connectivity index (χ0v) is 11.2. The number of carbonyl (C=O) groups excluding carboxylic acids is 1. The van der Waals surface area contributed by atoms with Gasteiger partial charge in [0.05, 0.1) is 6.04 Å². The maximum Gasteiger partial charge on any atom is 0.322 e. The Bertz CT molecular complexity index is 453. The smallest absolute Gasteiger partial charge is 0.322 e. The molecule has 0 radical (unpaired) electrons. The minimum absolute atomic E-state index is 0.473. The summed E-state index contributed by atoms with van der Waals surface area (Å²) in [6, 6.07) is 2.25. The van der Waals surface area contributed by atoms with Crippen molar-refractivity contribution in [1.29, 1.82) is 0 Å². The van der Waals surface area contributed by atoms with Crippen LogP contribution in [0.15, 0.2) is 24.5 Å². The van der Waals surface area contributed by atoms with E-state index in [1.54, 1.807) is 39.1 Å². The molecule has 0 aliphatic carbocycles. The predicted molar refractivity (Wildman–Crippen MR) is 68.1 cm³/mol. The van der Waals surface area contributed by atoms with Crippen LogP contribution in [-0.4, -0.2) is 27.6 Å². The van der Waals surface area contributed by atoms with Gasteiger partial charge in [0.1, 0.15) is 5.60 Å². The Labute approximate surface area is 111 Å². The van der Waals surface area contributed by atoms with Crippen molar-refractivity contribution in [3.63, 3.8) is 0 Å². The maximum atomic E-state index is 11.9. The lowest BCUT2D eigenvalue weighted by molar-refractivity contribution is -0.167. The number of aliphatic carboxylic acids is 1. The standard InChI is InChI=1S/C13H18N2O4/c1-13(2,3)19-12(18)9(11(16)17)10(14)8-5-4-6-15-7-8/h4-7,9-10H,14H2,1-3H3,(H,16,17)/t9-,10?/m1/s1. The zero-order valence-electron chi connectivity index (χ0n) is 11.2. The highest BCUT2D eigenvalue weighted by atomic mass is 16.6. The van der Waals surface area contributed by atoms with Crippen LogP contribution in [-0.2, 0) is 14.3 Å². The Hall–Kier alpha value is -1.95. The van der Waals surface area contributed by atoms with Crippen molar-refractivity contribution >= 4 is 11.9 Å². The molecule has 1 aromatic rings. The van der Waals surface area contributed by atoms with Crippen LogP contribution in [0.1, 0.15) is 32.4 Å². The molecule has 0 spiro atoms. The monoisotopic (exact) mass is 266 g/mol. The number of hydrogen-bond acceptors (Lipinski definition) is 5. The first-order chi connectivity index (χ1) is 8.72. The molecule has 0 aliphatic rings. The molecule has 0 aliphatic heterocycles. The van der Waals surface area contributed by atoms with Crippen LogP contribution in [0.2, 0.25) is 0 Å². The highest BCUT2D eigenvalue weighted by Gasteiger charge is 2.37. The Morgan fingerprint density at radius 2 is 2.05 bits per heavy atom. The summed E-state index contributed by atoms with van der Waals surface area (Å²) >= 11 is 0. The Morgan fingerprint density at radius 3 is 2.47 bits per heavy atom. The third kappa shape index (κ3) is 4.33. The molecule has 0 bridgehead atoms. The highest BCUT2D eigenvalue weighted by molar-refractivity contribution is 5.95. The van der Waals surface area contributed by atoms with Crippen LogP contribution < -0.4 is 5.73 Å². The lowest BCUT2D eigenvalue weighted by Gasteiger charge is -2.25. The molecule has 104 valence electrons. The molecule has 1 aromatic heterocycles. The first kappa shape index (κ1) is 15.1. The number of nitrogens with two attached hydrogens (primary N) is 1. The van der Waals surface area contributed by atoms with E-state index in [4.69, 9.17) is 10.5 Å². The quantitative estimate of drug-likeness (QED) is 0.625. The number of carboxylic acids is 1. The van der Waals surface area contributed by atoms with Crippen LogP contribution in [0, 0.1) is 5.92 Å². The zero-order chi connectivity index (χ0) is 14.6. The van der Waals surface area contributed by atoms with E-state index in [0.29, 0.717) is 5.56 Å². The molecule has 3 N–H and O–H groups in total. The summed E-state index contributed by atoms with van der Waals surface area (Å²) in [7, 11) is 0. The summed E-state index contributed by atoms with van der Waals surface area (Å²) in [5.74, 6) is -3.62. The largest absolute Gasteiger partial charge is 0.481 e. The molecular weight excluding hydrogens is 248 g/mol. The molecule has 6 heteroatoms. The van der Waals surface area contributed by atoms with Gasteiger partial charge in [-0.15, -0.1) is 0 Å². The molecule has 0 saturated heterocycles. The van der Waals surface area contributed by atoms with Crippen LogP contribution >= 0.6 is 0 Å². The van der Waals surface area contributed by atoms with Gasteiger partial charge < -0.3 is 15.6 Å². The second-order valence-electron chi connectivity index (χ2n) is 5.16. The molecular formula is C13H18N2O4. The number of hydrogen-bond donors (Lipinski definition) is 2. The summed E-state index contributed by atoms with van der Waals surface area (Å²) in [5, 5.41) is 9.17. The maximum absolute atomic E-state index is 11.9. The van der Waals surface area contributed by atoms with Crippen molar-refractivity contribution in [3.8, 4) is 0 Å². The lowest BCUT2D eigenvalue weighted by atomic mass is 9.94. The minimum Gasteiger partial charge on any atom is -0.481 e. The van der Waals surface area contributed by atoms with Gasteiger partial charge >= 0.3 is 11.9 Å². The molecule has 0 fully saturated rings. The van der Waals surface area contributed by atoms with Crippen molar-refractivity contribution in [2.45, 2.75) is 32.4 Å². The molecule has 0 amide bonds. The van der Waals surface area contributed by atoms with Crippen molar-refractivity contribution in [2.24, 2.45) is 11.7 Å². The minimum atomic E-state index is -1.46. The fraction of sp³-hybridized carbons (Fsp3) is 0.462. The van der Waals surface area contributed by atoms with Gasteiger partial charge in [-0.25, -0.2) is 0 Å². The van der Waals surface area contributed by atoms with E-state index < -0.39 is 29.5 Å². The topological polar surface area (TPSA) is 103 Å². The molecule has 1 unspecified atom stereocenters. The normalized spacial score (nSPS) is 14.5. The number of rotatable bonds is 4. The van der Waals surface area contributed by atoms with E-state index >= 15 is 0 Å². The van der Waals surface area contributed by atoms with Gasteiger partial charge in [0.25, 0.3) is 0 Å². The molecule has 19 heavy (non-hydrogen) atoms. The van der Waals surface area contributed by atoms with Crippen molar-refractivity contribution < 1.29 is 19.4 Å². The van der Waals surface area contributed by atoms with Crippen molar-refractivity contribution in [1.82, 2.24) is 4.98 Å². The van der Waals surface area contributed by atoms with Gasteiger partial charge in [-0.2, -0.15) is 0 Å². The SMILES string of the molecule is CC(C)(C)OC(=O)[C@@H](C(=O)O)C(N)c1cccnc1. The van der Waals surface area contributed by atoms with E-state index in [1.807, 2.05) is 0 Å². The second-order valence-corrected chi connectivity index (χ2v) is 5.16. The fourth-order valence-corrected chi connectivity index (χ4v) is 1.53. The summed E-state index contributed by atoms with van der Waals surface area (Å²) in [6.45, 7) is 5.00. The first-order valence-corrected chi connectivity index (χ1v) is 5.83. The molecule has 6 nitrogen and oxygen atoms in total. The van der Waals surface area contributed by atoms with E-state index in [9.17, 15) is 14.7 Å². The molecule has 2 atom stereocenters. The molecule has 0 saturated carbocycles. The van der Waals surface area contributed by atoms with Crippen LogP contribution in [0.25, 0.3) is 0 Å². The lowest BCUT2D eigenvalue weighted by Crippen LogP contribution is -2.39. The molecule has 1 rings (SSSR count). The average molecular weight is 266 g/mol. The average Bonchev–Trinajstić information content (AvgIpc) is 2.27. The van der Waals surface area contributed by atoms with Crippen LogP contribution in [0.4, 0.5) is 0 Å². The summed E-state index contributed by atoms with van der Waals surface area (Å²) in [5.41, 5.74) is 5.55. The van der Waals surface area contributed by atoms with E-state index in [-0.39, 0.29) is 0 Å². The Balaban J connectivity index is 2.96. The summed E-state index contributed by atoms with van der Waals surface area (Å²) in [6.07, 6.45) is 2.98. The summed E-state index contributed by atoms with van der Waals surface area (Å²) < 4.78 is 5.08. The van der Waals surface area contributed by atoms with Gasteiger partial charge in [0.2, 0.25) is 0 Å². The Kier molecular flexibility index (Phi) is 4.61. The number of carboxylic acid groups (broad SMARTS) is 1. The first-order valence-electron chi connectivity index (χ1n) is 5.83. The highest BCUT2D eigenvalue weighted by Crippen LogP contribution is 2.22. The van der Waals surface area contributed by atoms with Gasteiger partial charge in [-0.1, -0.05) is 6.07 Å². The Morgan fingerprint density at radius 1 is 1.42 bits per heavy atom. The molecule has 0 aromatic carbocycles. The number of pyridine rings is 1. The van der Waals surface area contributed by atoms with Crippen molar-refractivity contribution in [2.75, 3.05) is 0 Å². The number of esters is 1. The molecule has 1 heterocycles. The van der Waals surface area contributed by atoms with Gasteiger partial charge in [0, 0.05) is 12.4 Å². The third-order valence-corrected chi connectivity index (χ3v) is 2.36.